The maximum absolute atomic E-state index is 6.12. The zero-order valence-corrected chi connectivity index (χ0v) is 20.5. The maximum atomic E-state index is 6.12. The number of hydrogen-bond donors (Lipinski definition) is 3. The summed E-state index contributed by atoms with van der Waals surface area (Å²) in [7, 11) is 1.60. The summed E-state index contributed by atoms with van der Waals surface area (Å²) in [4.78, 5) is 11.5. The molecule has 1 aliphatic rings. The van der Waals surface area contributed by atoms with Crippen molar-refractivity contribution < 1.29 is 4.74 Å². The number of benzene rings is 2. The highest BCUT2D eigenvalue weighted by Crippen LogP contribution is 2.29. The molecule has 2 heterocycles. The molecule has 3 aromatic rings. The number of methoxy groups -OCH3 is 1. The van der Waals surface area contributed by atoms with Crippen molar-refractivity contribution in [2.24, 2.45) is 0 Å². The van der Waals surface area contributed by atoms with Gasteiger partial charge in [0.15, 0.2) is 0 Å². The number of aromatic nitrogens is 2. The van der Waals surface area contributed by atoms with Crippen LogP contribution in [0.25, 0.3) is 0 Å². The van der Waals surface area contributed by atoms with Gasteiger partial charge in [0.25, 0.3) is 0 Å². The summed E-state index contributed by atoms with van der Waals surface area (Å²) in [5.74, 6) is 1.86. The monoisotopic (exact) mass is 468 g/mol. The lowest BCUT2D eigenvalue weighted by atomic mass is 10.2. The lowest BCUT2D eigenvalue weighted by Crippen LogP contribution is -2.42. The SMILES string of the molecule is CC.COc1cc(Nc2nc(Nc3ccc(CN4CCNCC4)cc3)ncc2C)ccc1Cl. The van der Waals surface area contributed by atoms with Crippen LogP contribution < -0.4 is 20.7 Å². The number of halogens is 1. The Hall–Kier alpha value is -2.87. The third kappa shape index (κ3) is 7.05. The summed E-state index contributed by atoms with van der Waals surface area (Å²) >= 11 is 6.12. The van der Waals surface area contributed by atoms with Crippen molar-refractivity contribution in [3.05, 3.63) is 64.8 Å². The first-order valence-electron chi connectivity index (χ1n) is 11.3. The molecule has 0 spiro atoms. The molecule has 33 heavy (non-hydrogen) atoms. The second kappa shape index (κ2) is 12.4. The molecular formula is C25H33ClN6O. The van der Waals surface area contributed by atoms with Crippen molar-refractivity contribution >= 4 is 34.7 Å². The van der Waals surface area contributed by atoms with E-state index in [9.17, 15) is 0 Å². The molecule has 176 valence electrons. The van der Waals surface area contributed by atoms with Crippen LogP contribution in [0.2, 0.25) is 5.02 Å². The molecule has 7 nitrogen and oxygen atoms in total. The van der Waals surface area contributed by atoms with Crippen LogP contribution in [0, 0.1) is 6.92 Å². The van der Waals surface area contributed by atoms with Crippen molar-refractivity contribution in [1.82, 2.24) is 20.2 Å². The molecule has 0 aliphatic carbocycles. The van der Waals surface area contributed by atoms with Crippen LogP contribution >= 0.6 is 11.6 Å². The number of aryl methyl sites for hydroxylation is 1. The van der Waals surface area contributed by atoms with Crippen LogP contribution in [0.5, 0.6) is 5.75 Å². The molecule has 0 unspecified atom stereocenters. The van der Waals surface area contributed by atoms with E-state index in [0.29, 0.717) is 16.7 Å². The minimum atomic E-state index is 0.531. The Morgan fingerprint density at radius 1 is 1.03 bits per heavy atom. The fourth-order valence-electron chi connectivity index (χ4n) is 3.45. The van der Waals surface area contributed by atoms with Gasteiger partial charge in [-0.2, -0.15) is 4.98 Å². The Bertz CT molecular complexity index is 1020. The molecule has 1 saturated heterocycles. The predicted molar refractivity (Wildman–Crippen MR) is 137 cm³/mol. The molecule has 2 aromatic carbocycles. The second-order valence-electron chi connectivity index (χ2n) is 7.55. The van der Waals surface area contributed by atoms with Crippen molar-refractivity contribution in [1.29, 1.82) is 0 Å². The largest absolute Gasteiger partial charge is 0.495 e. The zero-order chi connectivity index (χ0) is 23.6. The number of piperazine rings is 1. The van der Waals surface area contributed by atoms with Crippen LogP contribution in [0.1, 0.15) is 25.0 Å². The fourth-order valence-corrected chi connectivity index (χ4v) is 3.65. The second-order valence-corrected chi connectivity index (χ2v) is 7.95. The van der Waals surface area contributed by atoms with E-state index in [-0.39, 0.29) is 0 Å². The Labute approximate surface area is 201 Å². The van der Waals surface area contributed by atoms with Gasteiger partial charge in [-0.3, -0.25) is 4.90 Å². The quantitative estimate of drug-likeness (QED) is 0.430. The summed E-state index contributed by atoms with van der Waals surface area (Å²) in [6.07, 6.45) is 1.80. The highest BCUT2D eigenvalue weighted by Gasteiger charge is 2.10. The lowest BCUT2D eigenvalue weighted by molar-refractivity contribution is 0.233. The van der Waals surface area contributed by atoms with E-state index >= 15 is 0 Å². The average Bonchev–Trinajstić information content (AvgIpc) is 2.85. The Balaban J connectivity index is 0.00000149. The van der Waals surface area contributed by atoms with Gasteiger partial charge in [-0.25, -0.2) is 4.98 Å². The topological polar surface area (TPSA) is 74.3 Å². The van der Waals surface area contributed by atoms with Gasteiger partial charge in [0.05, 0.1) is 12.1 Å². The maximum Gasteiger partial charge on any atom is 0.229 e. The molecule has 1 aliphatic heterocycles. The van der Waals surface area contributed by atoms with Gasteiger partial charge < -0.3 is 20.7 Å². The average molecular weight is 469 g/mol. The molecule has 4 rings (SSSR count). The summed E-state index contributed by atoms with van der Waals surface area (Å²) in [5, 5.41) is 10.6. The molecular weight excluding hydrogens is 436 g/mol. The normalized spacial score (nSPS) is 13.6. The third-order valence-corrected chi connectivity index (χ3v) is 5.52. The molecule has 0 radical (unpaired) electrons. The van der Waals surface area contributed by atoms with Crippen LogP contribution in [0.4, 0.5) is 23.1 Å². The van der Waals surface area contributed by atoms with Crippen LogP contribution in [0.3, 0.4) is 0 Å². The van der Waals surface area contributed by atoms with Crippen molar-refractivity contribution in [3.8, 4) is 5.75 Å². The van der Waals surface area contributed by atoms with Gasteiger partial charge in [-0.15, -0.1) is 0 Å². The van der Waals surface area contributed by atoms with Crippen LogP contribution in [0.15, 0.2) is 48.7 Å². The van der Waals surface area contributed by atoms with E-state index < -0.39 is 0 Å². The van der Waals surface area contributed by atoms with Gasteiger partial charge in [0, 0.05) is 61.9 Å². The van der Waals surface area contributed by atoms with Crippen LogP contribution in [-0.2, 0) is 6.54 Å². The van der Waals surface area contributed by atoms with E-state index in [2.05, 4.69) is 55.1 Å². The molecule has 0 bridgehead atoms. The summed E-state index contributed by atoms with van der Waals surface area (Å²) in [6, 6.07) is 14.0. The highest BCUT2D eigenvalue weighted by molar-refractivity contribution is 6.32. The number of ether oxygens (including phenoxy) is 1. The van der Waals surface area contributed by atoms with Crippen molar-refractivity contribution in [2.75, 3.05) is 43.9 Å². The van der Waals surface area contributed by atoms with Crippen molar-refractivity contribution in [2.45, 2.75) is 27.3 Å². The smallest absolute Gasteiger partial charge is 0.229 e. The minimum absolute atomic E-state index is 0.531. The Morgan fingerprint density at radius 3 is 2.42 bits per heavy atom. The Kier molecular flexibility index (Phi) is 9.30. The molecule has 0 atom stereocenters. The number of nitrogens with one attached hydrogen (secondary N) is 3. The van der Waals surface area contributed by atoms with Crippen molar-refractivity contribution in [3.63, 3.8) is 0 Å². The van der Waals surface area contributed by atoms with Gasteiger partial charge in [-0.1, -0.05) is 37.6 Å². The predicted octanol–water partition coefficient (Wildman–Crippen LogP) is 5.37. The number of hydrogen-bond acceptors (Lipinski definition) is 7. The fraction of sp³-hybridized carbons (Fsp3) is 0.360. The molecule has 0 saturated carbocycles. The van der Waals surface area contributed by atoms with E-state index in [1.54, 1.807) is 19.4 Å². The molecule has 8 heteroatoms. The first-order chi connectivity index (χ1) is 16.1. The molecule has 1 aromatic heterocycles. The Morgan fingerprint density at radius 2 is 1.73 bits per heavy atom. The van der Waals surface area contributed by atoms with E-state index in [4.69, 9.17) is 16.3 Å². The molecule has 3 N–H and O–H groups in total. The first-order valence-corrected chi connectivity index (χ1v) is 11.7. The van der Waals surface area contributed by atoms with Gasteiger partial charge >= 0.3 is 0 Å². The first kappa shape index (κ1) is 24.8. The van der Waals surface area contributed by atoms with E-state index in [1.165, 1.54) is 5.56 Å². The van der Waals surface area contributed by atoms with Crippen LogP contribution in [-0.4, -0.2) is 48.2 Å². The number of anilines is 4. The van der Waals surface area contributed by atoms with E-state index in [0.717, 1.165) is 55.5 Å². The lowest BCUT2D eigenvalue weighted by Gasteiger charge is -2.27. The zero-order valence-electron chi connectivity index (χ0n) is 19.8. The van der Waals surface area contributed by atoms with E-state index in [1.807, 2.05) is 32.9 Å². The number of rotatable bonds is 7. The summed E-state index contributed by atoms with van der Waals surface area (Å²) in [5.41, 5.74) is 4.03. The summed E-state index contributed by atoms with van der Waals surface area (Å²) < 4.78 is 5.29. The minimum Gasteiger partial charge on any atom is -0.495 e. The third-order valence-electron chi connectivity index (χ3n) is 5.21. The number of nitrogens with zero attached hydrogens (tertiary/aromatic N) is 3. The standard InChI is InChI=1S/C23H27ClN6O.C2H6/c1-16-14-26-23(29-22(16)27-19-7-8-20(24)21(13-19)31-2)28-18-5-3-17(4-6-18)15-30-11-9-25-10-12-30;1-2/h3-8,13-14,25H,9-12,15H2,1-2H3,(H2,26,27,28,29);1-2H3. The van der Waals surface area contributed by atoms with Gasteiger partial charge in [-0.05, 0) is 36.8 Å². The molecule has 1 fully saturated rings. The highest BCUT2D eigenvalue weighted by atomic mass is 35.5. The molecule has 0 amide bonds. The van der Waals surface area contributed by atoms with Gasteiger partial charge in [0.2, 0.25) is 5.95 Å². The summed E-state index contributed by atoms with van der Waals surface area (Å²) in [6.45, 7) is 11.2. The van der Waals surface area contributed by atoms with Gasteiger partial charge in [0.1, 0.15) is 11.6 Å².